The normalized spacial score (nSPS) is 10.8. The van der Waals surface area contributed by atoms with Crippen LogP contribution in [0, 0.1) is 0 Å². The Hall–Kier alpha value is -1.59. The van der Waals surface area contributed by atoms with Crippen LogP contribution in [-0.2, 0) is 17.9 Å². The lowest BCUT2D eigenvalue weighted by Gasteiger charge is -2.23. The number of rotatable bonds is 8. The molecule has 5 nitrogen and oxygen atoms in total. The van der Waals surface area contributed by atoms with E-state index in [2.05, 4.69) is 11.8 Å². The number of hydrogen-bond donors (Lipinski definition) is 1. The minimum absolute atomic E-state index is 0.119. The van der Waals surface area contributed by atoms with Crippen LogP contribution >= 0.6 is 0 Å². The second-order valence-electron chi connectivity index (χ2n) is 5.35. The van der Waals surface area contributed by atoms with E-state index >= 15 is 0 Å². The van der Waals surface area contributed by atoms with Gasteiger partial charge in [0.1, 0.15) is 5.75 Å². The van der Waals surface area contributed by atoms with Crippen LogP contribution in [0.1, 0.15) is 24.5 Å². The fraction of sp³-hybridized carbons (Fsp3) is 0.562. The topological polar surface area (TPSA) is 58.8 Å². The van der Waals surface area contributed by atoms with Crippen molar-refractivity contribution in [1.29, 1.82) is 0 Å². The maximum absolute atomic E-state index is 11.9. The molecule has 0 unspecified atom stereocenters. The number of ether oxygens (including phenoxy) is 1. The zero-order valence-corrected chi connectivity index (χ0v) is 13.6. The summed E-state index contributed by atoms with van der Waals surface area (Å²) in [5.41, 5.74) is 7.81. The van der Waals surface area contributed by atoms with Crippen LogP contribution in [0.4, 0.5) is 0 Å². The van der Waals surface area contributed by atoms with E-state index in [1.54, 1.807) is 26.1 Å². The van der Waals surface area contributed by atoms with Gasteiger partial charge in [-0.05, 0) is 24.6 Å². The molecule has 0 aliphatic carbocycles. The molecule has 118 valence electrons. The van der Waals surface area contributed by atoms with Gasteiger partial charge in [0.05, 0.1) is 13.7 Å². The van der Waals surface area contributed by atoms with E-state index in [9.17, 15) is 4.79 Å². The van der Waals surface area contributed by atoms with Crippen molar-refractivity contribution in [3.63, 3.8) is 0 Å². The van der Waals surface area contributed by atoms with Crippen LogP contribution in [0.5, 0.6) is 5.75 Å². The molecule has 2 N–H and O–H groups in total. The number of benzene rings is 1. The third-order valence-corrected chi connectivity index (χ3v) is 3.38. The van der Waals surface area contributed by atoms with Crippen molar-refractivity contribution < 1.29 is 9.53 Å². The summed E-state index contributed by atoms with van der Waals surface area (Å²) >= 11 is 0. The van der Waals surface area contributed by atoms with Gasteiger partial charge in [0, 0.05) is 32.7 Å². The first kappa shape index (κ1) is 17.5. The molecule has 1 aromatic rings. The summed E-state index contributed by atoms with van der Waals surface area (Å²) in [6, 6.07) is 6.05. The van der Waals surface area contributed by atoms with E-state index in [4.69, 9.17) is 10.5 Å². The molecule has 0 fully saturated rings. The number of nitrogens with two attached hydrogens (primary N) is 1. The molecule has 0 aliphatic rings. The molecular formula is C16H27N3O2. The Morgan fingerprint density at radius 1 is 1.33 bits per heavy atom. The Morgan fingerprint density at radius 2 is 2.05 bits per heavy atom. The molecule has 0 saturated carbocycles. The van der Waals surface area contributed by atoms with E-state index in [0.717, 1.165) is 36.4 Å². The van der Waals surface area contributed by atoms with Crippen molar-refractivity contribution in [2.24, 2.45) is 5.73 Å². The van der Waals surface area contributed by atoms with Crippen LogP contribution in [0.3, 0.4) is 0 Å². The monoisotopic (exact) mass is 293 g/mol. The largest absolute Gasteiger partial charge is 0.496 e. The van der Waals surface area contributed by atoms with E-state index in [1.807, 2.05) is 18.2 Å². The van der Waals surface area contributed by atoms with E-state index in [0.29, 0.717) is 13.1 Å². The summed E-state index contributed by atoms with van der Waals surface area (Å²) in [5, 5.41) is 0. The maximum atomic E-state index is 11.9. The van der Waals surface area contributed by atoms with Gasteiger partial charge in [0.15, 0.2) is 0 Å². The molecule has 0 radical (unpaired) electrons. The molecule has 0 aliphatic heterocycles. The summed E-state index contributed by atoms with van der Waals surface area (Å²) in [5.74, 6) is 0.930. The van der Waals surface area contributed by atoms with Crippen molar-refractivity contribution in [2.45, 2.75) is 26.4 Å². The van der Waals surface area contributed by atoms with Gasteiger partial charge in [-0.15, -0.1) is 0 Å². The van der Waals surface area contributed by atoms with Gasteiger partial charge in [-0.25, -0.2) is 0 Å². The van der Waals surface area contributed by atoms with Gasteiger partial charge in [-0.3, -0.25) is 9.69 Å². The minimum Gasteiger partial charge on any atom is -0.496 e. The van der Waals surface area contributed by atoms with Crippen LogP contribution in [-0.4, -0.2) is 50.0 Å². The number of carbonyl (C=O) groups is 1. The highest BCUT2D eigenvalue weighted by molar-refractivity contribution is 5.77. The lowest BCUT2D eigenvalue weighted by Crippen LogP contribution is -2.36. The third-order valence-electron chi connectivity index (χ3n) is 3.38. The summed E-state index contributed by atoms with van der Waals surface area (Å²) in [4.78, 5) is 15.7. The number of carbonyl (C=O) groups excluding carboxylic acids is 1. The van der Waals surface area contributed by atoms with Gasteiger partial charge in [-0.1, -0.05) is 19.1 Å². The number of likely N-dealkylation sites (N-methyl/N-ethyl adjacent to an activating group) is 1. The van der Waals surface area contributed by atoms with Crippen LogP contribution in [0.25, 0.3) is 0 Å². The number of methoxy groups -OCH3 is 1. The van der Waals surface area contributed by atoms with Gasteiger partial charge in [0.25, 0.3) is 0 Å². The van der Waals surface area contributed by atoms with Crippen molar-refractivity contribution in [1.82, 2.24) is 9.80 Å². The Kier molecular flexibility index (Phi) is 7.19. The quantitative estimate of drug-likeness (QED) is 0.788. The number of nitrogens with zero attached hydrogens (tertiary/aromatic N) is 2. The third kappa shape index (κ3) is 5.36. The fourth-order valence-corrected chi connectivity index (χ4v) is 2.18. The van der Waals surface area contributed by atoms with Crippen LogP contribution < -0.4 is 10.5 Å². The molecule has 0 bridgehead atoms. The molecular weight excluding hydrogens is 266 g/mol. The van der Waals surface area contributed by atoms with Gasteiger partial charge >= 0.3 is 0 Å². The van der Waals surface area contributed by atoms with Crippen molar-refractivity contribution in [2.75, 3.05) is 34.3 Å². The first-order valence-corrected chi connectivity index (χ1v) is 7.30. The number of hydrogen-bond acceptors (Lipinski definition) is 4. The van der Waals surface area contributed by atoms with Gasteiger partial charge in [-0.2, -0.15) is 0 Å². The molecule has 1 amide bonds. The van der Waals surface area contributed by atoms with E-state index < -0.39 is 0 Å². The molecule has 21 heavy (non-hydrogen) atoms. The Bertz CT molecular complexity index is 461. The first-order valence-electron chi connectivity index (χ1n) is 7.30. The highest BCUT2D eigenvalue weighted by Crippen LogP contribution is 2.20. The lowest BCUT2D eigenvalue weighted by molar-refractivity contribution is -0.130. The van der Waals surface area contributed by atoms with Gasteiger partial charge < -0.3 is 15.4 Å². The molecule has 0 aromatic heterocycles. The predicted molar refractivity (Wildman–Crippen MR) is 85.1 cm³/mol. The average Bonchev–Trinajstić information content (AvgIpc) is 2.47. The zero-order valence-electron chi connectivity index (χ0n) is 13.6. The summed E-state index contributed by atoms with van der Waals surface area (Å²) in [6.07, 6.45) is 1.01. The summed E-state index contributed by atoms with van der Waals surface area (Å²) in [7, 11) is 5.22. The summed E-state index contributed by atoms with van der Waals surface area (Å²) < 4.78 is 5.36. The SMILES string of the molecule is CCCN(CC(=O)N(C)C)Cc1ccc(CN)c(OC)c1. The highest BCUT2D eigenvalue weighted by atomic mass is 16.5. The molecule has 0 saturated heterocycles. The zero-order chi connectivity index (χ0) is 15.8. The fourth-order valence-electron chi connectivity index (χ4n) is 2.18. The minimum atomic E-state index is 0.119. The van der Waals surface area contributed by atoms with E-state index in [-0.39, 0.29) is 5.91 Å². The number of amides is 1. The lowest BCUT2D eigenvalue weighted by atomic mass is 10.1. The molecule has 1 rings (SSSR count). The molecule has 1 aromatic carbocycles. The van der Waals surface area contributed by atoms with Crippen molar-refractivity contribution in [3.8, 4) is 5.75 Å². The van der Waals surface area contributed by atoms with Gasteiger partial charge in [0.2, 0.25) is 5.91 Å². The predicted octanol–water partition coefficient (Wildman–Crippen LogP) is 1.45. The second-order valence-corrected chi connectivity index (χ2v) is 5.35. The van der Waals surface area contributed by atoms with E-state index in [1.165, 1.54) is 0 Å². The standard InChI is InChI=1S/C16H27N3O2/c1-5-8-19(12-16(20)18(2)3)11-13-6-7-14(10-17)15(9-13)21-4/h6-7,9H,5,8,10-12,17H2,1-4H3. The van der Waals surface area contributed by atoms with Crippen LogP contribution in [0.2, 0.25) is 0 Å². The average molecular weight is 293 g/mol. The molecule has 0 heterocycles. The van der Waals surface area contributed by atoms with Crippen molar-refractivity contribution >= 4 is 5.91 Å². The maximum Gasteiger partial charge on any atom is 0.236 e. The van der Waals surface area contributed by atoms with Crippen molar-refractivity contribution in [3.05, 3.63) is 29.3 Å². The highest BCUT2D eigenvalue weighted by Gasteiger charge is 2.13. The Balaban J connectivity index is 2.81. The Morgan fingerprint density at radius 3 is 2.57 bits per heavy atom. The van der Waals surface area contributed by atoms with Crippen LogP contribution in [0.15, 0.2) is 18.2 Å². The summed E-state index contributed by atoms with van der Waals surface area (Å²) in [6.45, 7) is 4.63. The second kappa shape index (κ2) is 8.64. The molecule has 0 spiro atoms. The first-order chi connectivity index (χ1) is 10.0. The smallest absolute Gasteiger partial charge is 0.236 e. The molecule has 5 heteroatoms. The Labute approximate surface area is 127 Å². The molecule has 0 atom stereocenters.